The molecule has 0 unspecified atom stereocenters. The summed E-state index contributed by atoms with van der Waals surface area (Å²) >= 11 is 0. The van der Waals surface area contributed by atoms with Gasteiger partial charge < -0.3 is 4.74 Å². The number of ketones is 1. The Morgan fingerprint density at radius 1 is 1.04 bits per heavy atom. The molecule has 25 heavy (non-hydrogen) atoms. The van der Waals surface area contributed by atoms with Gasteiger partial charge in [-0.2, -0.15) is 0 Å². The highest BCUT2D eigenvalue weighted by Crippen LogP contribution is 2.13. The molecule has 0 saturated heterocycles. The van der Waals surface area contributed by atoms with Crippen molar-refractivity contribution < 1.29 is 22.7 Å². The summed E-state index contributed by atoms with van der Waals surface area (Å²) in [6.07, 6.45) is 0. The molecule has 0 bridgehead atoms. The number of hydrogen-bond acceptors (Lipinski definition) is 5. The Bertz CT molecular complexity index is 902. The molecule has 7 heteroatoms. The van der Waals surface area contributed by atoms with Crippen molar-refractivity contribution in [1.82, 2.24) is 4.72 Å². The van der Waals surface area contributed by atoms with Crippen molar-refractivity contribution in [2.75, 3.05) is 13.7 Å². The molecule has 0 radical (unpaired) electrons. The number of nitrogens with one attached hydrogen (secondary N) is 1. The summed E-state index contributed by atoms with van der Waals surface area (Å²) in [6, 6.07) is 10.8. The third-order valence-electron chi connectivity index (χ3n) is 3.70. The number of benzene rings is 2. The van der Waals surface area contributed by atoms with Crippen molar-refractivity contribution in [3.8, 4) is 0 Å². The van der Waals surface area contributed by atoms with Gasteiger partial charge in [-0.25, -0.2) is 17.9 Å². The molecular formula is C18H19NO5S. The number of esters is 1. The lowest BCUT2D eigenvalue weighted by Gasteiger charge is -2.08. The Morgan fingerprint density at radius 2 is 1.68 bits per heavy atom. The second kappa shape index (κ2) is 7.58. The van der Waals surface area contributed by atoms with Crippen LogP contribution in [-0.4, -0.2) is 33.8 Å². The van der Waals surface area contributed by atoms with E-state index in [1.54, 1.807) is 6.07 Å². The first-order valence-corrected chi connectivity index (χ1v) is 9.04. The summed E-state index contributed by atoms with van der Waals surface area (Å²) in [5.41, 5.74) is 2.45. The van der Waals surface area contributed by atoms with Crippen LogP contribution in [0.2, 0.25) is 0 Å². The summed E-state index contributed by atoms with van der Waals surface area (Å²) in [4.78, 5) is 24.3. The number of aryl methyl sites for hydroxylation is 2. The molecule has 0 aliphatic carbocycles. The van der Waals surface area contributed by atoms with Gasteiger partial charge in [0.1, 0.15) is 0 Å². The van der Waals surface area contributed by atoms with Gasteiger partial charge in [-0.15, -0.1) is 0 Å². The van der Waals surface area contributed by atoms with Gasteiger partial charge in [0.2, 0.25) is 15.8 Å². The van der Waals surface area contributed by atoms with Gasteiger partial charge in [0.25, 0.3) is 0 Å². The van der Waals surface area contributed by atoms with E-state index in [9.17, 15) is 18.0 Å². The monoisotopic (exact) mass is 361 g/mol. The topological polar surface area (TPSA) is 89.5 Å². The number of carbonyl (C=O) groups is 2. The highest BCUT2D eigenvalue weighted by molar-refractivity contribution is 7.89. The fourth-order valence-corrected chi connectivity index (χ4v) is 2.95. The van der Waals surface area contributed by atoms with Gasteiger partial charge in [-0.1, -0.05) is 17.7 Å². The molecule has 6 nitrogen and oxygen atoms in total. The van der Waals surface area contributed by atoms with Gasteiger partial charge in [-0.05, 0) is 56.8 Å². The molecule has 0 spiro atoms. The fourth-order valence-electron chi connectivity index (χ4n) is 2.22. The average molecular weight is 361 g/mol. The summed E-state index contributed by atoms with van der Waals surface area (Å²) in [5, 5.41) is 0. The minimum absolute atomic E-state index is 0.0398. The first-order valence-electron chi connectivity index (χ1n) is 7.56. The van der Waals surface area contributed by atoms with Crippen molar-refractivity contribution in [3.63, 3.8) is 0 Å². The number of hydrogen-bond donors (Lipinski definition) is 1. The first-order chi connectivity index (χ1) is 11.7. The molecule has 0 heterocycles. The summed E-state index contributed by atoms with van der Waals surface area (Å²) in [5.74, 6) is -0.976. The van der Waals surface area contributed by atoms with E-state index in [1.165, 1.54) is 31.3 Å². The molecular weight excluding hydrogens is 342 g/mol. The Morgan fingerprint density at radius 3 is 2.28 bits per heavy atom. The summed E-state index contributed by atoms with van der Waals surface area (Å²) in [7, 11) is -2.27. The van der Waals surface area contributed by atoms with Crippen LogP contribution in [0.3, 0.4) is 0 Å². The predicted molar refractivity (Wildman–Crippen MR) is 93.2 cm³/mol. The molecule has 0 fully saturated rings. The van der Waals surface area contributed by atoms with E-state index in [2.05, 4.69) is 4.72 Å². The van der Waals surface area contributed by atoms with Crippen LogP contribution < -0.4 is 4.72 Å². The van der Waals surface area contributed by atoms with Gasteiger partial charge in [0, 0.05) is 5.56 Å². The van der Waals surface area contributed by atoms with Crippen molar-refractivity contribution in [3.05, 3.63) is 64.7 Å². The smallest absolute Gasteiger partial charge is 0.338 e. The Hall–Kier alpha value is -2.51. The molecule has 0 atom stereocenters. The molecule has 0 aliphatic rings. The molecule has 0 aromatic heterocycles. The maximum absolute atomic E-state index is 12.2. The molecule has 2 rings (SSSR count). The van der Waals surface area contributed by atoms with E-state index in [0.29, 0.717) is 5.56 Å². The zero-order chi connectivity index (χ0) is 18.6. The van der Waals surface area contributed by atoms with Gasteiger partial charge >= 0.3 is 5.97 Å². The molecule has 0 saturated carbocycles. The fraction of sp³-hybridized carbons (Fsp3) is 0.222. The Labute approximate surface area is 146 Å². The zero-order valence-electron chi connectivity index (χ0n) is 14.2. The first kappa shape index (κ1) is 18.8. The largest absolute Gasteiger partial charge is 0.454 e. The quantitative estimate of drug-likeness (QED) is 0.630. The van der Waals surface area contributed by atoms with Crippen LogP contribution in [0.15, 0.2) is 47.4 Å². The molecule has 2 aromatic rings. The van der Waals surface area contributed by atoms with Crippen LogP contribution in [0.25, 0.3) is 0 Å². The van der Waals surface area contributed by atoms with Gasteiger partial charge in [0.15, 0.2) is 6.61 Å². The van der Waals surface area contributed by atoms with Crippen molar-refractivity contribution in [2.24, 2.45) is 0 Å². The SMILES string of the molecule is CNS(=O)(=O)c1ccc(C(=O)OCC(=O)c2cc(C)ccc2C)cc1. The van der Waals surface area contributed by atoms with E-state index in [4.69, 9.17) is 4.74 Å². The van der Waals surface area contributed by atoms with E-state index >= 15 is 0 Å². The maximum atomic E-state index is 12.2. The number of ether oxygens (including phenoxy) is 1. The van der Waals surface area contributed by atoms with Crippen molar-refractivity contribution >= 4 is 21.8 Å². The van der Waals surface area contributed by atoms with Crippen LogP contribution in [0.4, 0.5) is 0 Å². The normalized spacial score (nSPS) is 11.2. The van der Waals surface area contributed by atoms with E-state index in [1.807, 2.05) is 26.0 Å². The van der Waals surface area contributed by atoms with Crippen LogP contribution in [0.5, 0.6) is 0 Å². The predicted octanol–water partition coefficient (Wildman–Crippen LogP) is 2.25. The lowest BCUT2D eigenvalue weighted by Crippen LogP contribution is -2.19. The highest BCUT2D eigenvalue weighted by atomic mass is 32.2. The lowest BCUT2D eigenvalue weighted by molar-refractivity contribution is 0.0474. The van der Waals surface area contributed by atoms with Crippen LogP contribution in [-0.2, 0) is 14.8 Å². The number of sulfonamides is 1. The standard InChI is InChI=1S/C18H19NO5S/c1-12-4-5-13(2)16(10-12)17(20)11-24-18(21)14-6-8-15(9-7-14)25(22,23)19-3/h4-10,19H,11H2,1-3H3. The molecule has 0 amide bonds. The average Bonchev–Trinajstić information content (AvgIpc) is 2.61. The van der Waals surface area contributed by atoms with Crippen LogP contribution in [0, 0.1) is 13.8 Å². The third kappa shape index (κ3) is 4.52. The number of carbonyl (C=O) groups excluding carboxylic acids is 2. The second-order valence-electron chi connectivity index (χ2n) is 5.55. The lowest BCUT2D eigenvalue weighted by atomic mass is 10.0. The van der Waals surface area contributed by atoms with Crippen molar-refractivity contribution in [2.45, 2.75) is 18.7 Å². The minimum Gasteiger partial charge on any atom is -0.454 e. The van der Waals surface area contributed by atoms with E-state index in [-0.39, 0.29) is 22.8 Å². The maximum Gasteiger partial charge on any atom is 0.338 e. The Balaban J connectivity index is 2.05. The van der Waals surface area contributed by atoms with Gasteiger partial charge in [0.05, 0.1) is 10.5 Å². The van der Waals surface area contributed by atoms with E-state index in [0.717, 1.165) is 11.1 Å². The second-order valence-corrected chi connectivity index (χ2v) is 7.44. The van der Waals surface area contributed by atoms with Gasteiger partial charge in [-0.3, -0.25) is 4.79 Å². The number of Topliss-reactive ketones (excluding diaryl/α,β-unsaturated/α-hetero) is 1. The minimum atomic E-state index is -3.57. The van der Waals surface area contributed by atoms with Crippen molar-refractivity contribution in [1.29, 1.82) is 0 Å². The van der Waals surface area contributed by atoms with Crippen LogP contribution >= 0.6 is 0 Å². The highest BCUT2D eigenvalue weighted by Gasteiger charge is 2.16. The number of rotatable bonds is 6. The molecule has 1 N–H and O–H groups in total. The molecule has 2 aromatic carbocycles. The zero-order valence-corrected chi connectivity index (χ0v) is 15.0. The molecule has 0 aliphatic heterocycles. The summed E-state index contributed by atoms with van der Waals surface area (Å²) in [6.45, 7) is 3.32. The van der Waals surface area contributed by atoms with Crippen LogP contribution in [0.1, 0.15) is 31.8 Å². The van der Waals surface area contributed by atoms with E-state index < -0.39 is 16.0 Å². The summed E-state index contributed by atoms with van der Waals surface area (Å²) < 4.78 is 30.5. The Kier molecular flexibility index (Phi) is 5.71. The molecule has 132 valence electrons. The third-order valence-corrected chi connectivity index (χ3v) is 5.13.